The van der Waals surface area contributed by atoms with Gasteiger partial charge in [-0.1, -0.05) is 19.3 Å². The first kappa shape index (κ1) is 15.8. The van der Waals surface area contributed by atoms with Crippen molar-refractivity contribution in [1.29, 1.82) is 0 Å². The fraction of sp³-hybridized carbons (Fsp3) is 0.765. The number of aliphatic imine (C=N–C) groups is 1. The van der Waals surface area contributed by atoms with Crippen molar-refractivity contribution in [3.05, 3.63) is 16.1 Å². The Kier molecular flexibility index (Phi) is 5.01. The van der Waals surface area contributed by atoms with Gasteiger partial charge in [-0.25, -0.2) is 9.98 Å². The van der Waals surface area contributed by atoms with Crippen LogP contribution in [0.3, 0.4) is 0 Å². The minimum atomic E-state index is 0.576. The Bertz CT molecular complexity index is 516. The minimum absolute atomic E-state index is 0.576. The molecule has 0 bridgehead atoms. The molecule has 22 heavy (non-hydrogen) atoms. The van der Waals surface area contributed by atoms with Gasteiger partial charge in [0.25, 0.3) is 0 Å². The van der Waals surface area contributed by atoms with E-state index in [1.165, 1.54) is 49.9 Å². The molecule has 4 nitrogen and oxygen atoms in total. The lowest BCUT2D eigenvalue weighted by Crippen LogP contribution is -2.41. The monoisotopic (exact) mass is 320 g/mol. The summed E-state index contributed by atoms with van der Waals surface area (Å²) in [5.74, 6) is 1.08. The van der Waals surface area contributed by atoms with E-state index in [-0.39, 0.29) is 0 Å². The number of likely N-dealkylation sites (tertiary alicyclic amines) is 1. The van der Waals surface area contributed by atoms with Gasteiger partial charge in [-0.3, -0.25) is 0 Å². The molecule has 0 amide bonds. The highest BCUT2D eigenvalue weighted by Crippen LogP contribution is 2.43. The number of hydrogen-bond acceptors (Lipinski definition) is 3. The summed E-state index contributed by atoms with van der Waals surface area (Å²) in [4.78, 5) is 13.0. The van der Waals surface area contributed by atoms with Crippen LogP contribution in [0, 0.1) is 12.3 Å². The van der Waals surface area contributed by atoms with E-state index in [0.717, 1.165) is 24.1 Å². The van der Waals surface area contributed by atoms with E-state index in [1.54, 1.807) is 11.3 Å². The van der Waals surface area contributed by atoms with E-state index >= 15 is 0 Å². The van der Waals surface area contributed by atoms with Crippen molar-refractivity contribution < 1.29 is 0 Å². The van der Waals surface area contributed by atoms with Crippen molar-refractivity contribution in [2.45, 2.75) is 58.9 Å². The maximum absolute atomic E-state index is 4.84. The molecule has 1 saturated carbocycles. The zero-order valence-corrected chi connectivity index (χ0v) is 14.7. The molecule has 1 N–H and O–H groups in total. The molecule has 0 aromatic carbocycles. The van der Waals surface area contributed by atoms with Gasteiger partial charge in [-0.2, -0.15) is 0 Å². The molecule has 0 radical (unpaired) electrons. The molecule has 1 aliphatic heterocycles. The number of aromatic nitrogens is 1. The molecule has 0 atom stereocenters. The molecular formula is C17H28N4S. The number of nitrogens with one attached hydrogen (secondary N) is 1. The number of guanidine groups is 1. The molecule has 1 saturated heterocycles. The first-order chi connectivity index (χ1) is 10.7. The van der Waals surface area contributed by atoms with Crippen LogP contribution in [0.5, 0.6) is 0 Å². The average molecular weight is 321 g/mol. The average Bonchev–Trinajstić information content (AvgIpc) is 3.11. The maximum Gasteiger partial charge on any atom is 0.194 e. The fourth-order valence-electron chi connectivity index (χ4n) is 3.87. The maximum atomic E-state index is 4.84. The fourth-order valence-corrected chi connectivity index (χ4v) is 4.58. The zero-order chi connectivity index (χ0) is 15.4. The smallest absolute Gasteiger partial charge is 0.194 e. The second kappa shape index (κ2) is 6.99. The Morgan fingerprint density at radius 2 is 2.18 bits per heavy atom. The number of thiazole rings is 1. The molecule has 5 heteroatoms. The molecule has 2 aliphatic rings. The van der Waals surface area contributed by atoms with Crippen LogP contribution >= 0.6 is 11.3 Å². The standard InChI is InChI=1S/C17H28N4S/c1-3-18-16(20-12-15-19-11-14(2)22-15)21-10-9-17(13-21)7-5-4-6-8-17/h11H,3-10,12-13H2,1-2H3,(H,18,20). The first-order valence-electron chi connectivity index (χ1n) is 8.65. The number of rotatable bonds is 3. The molecule has 1 spiro atoms. The minimum Gasteiger partial charge on any atom is -0.357 e. The lowest BCUT2D eigenvalue weighted by molar-refractivity contribution is 0.203. The van der Waals surface area contributed by atoms with Crippen molar-refractivity contribution in [3.63, 3.8) is 0 Å². The van der Waals surface area contributed by atoms with E-state index in [9.17, 15) is 0 Å². The number of nitrogens with zero attached hydrogens (tertiary/aromatic N) is 3. The summed E-state index contributed by atoms with van der Waals surface area (Å²) in [6.45, 7) is 8.22. The van der Waals surface area contributed by atoms with Gasteiger partial charge in [0.05, 0.1) is 6.54 Å². The van der Waals surface area contributed by atoms with Gasteiger partial charge in [0.1, 0.15) is 5.01 Å². The third kappa shape index (κ3) is 3.62. The van der Waals surface area contributed by atoms with Crippen molar-refractivity contribution >= 4 is 17.3 Å². The summed E-state index contributed by atoms with van der Waals surface area (Å²) in [6, 6.07) is 0. The van der Waals surface area contributed by atoms with Gasteiger partial charge in [-0.05, 0) is 38.5 Å². The van der Waals surface area contributed by atoms with Crippen LogP contribution in [0.15, 0.2) is 11.2 Å². The summed E-state index contributed by atoms with van der Waals surface area (Å²) in [6.07, 6.45) is 10.4. The molecule has 1 aliphatic carbocycles. The van der Waals surface area contributed by atoms with Crippen LogP contribution in [0.1, 0.15) is 55.3 Å². The van der Waals surface area contributed by atoms with Gasteiger partial charge in [-0.15, -0.1) is 11.3 Å². The third-order valence-electron chi connectivity index (χ3n) is 5.02. The van der Waals surface area contributed by atoms with Crippen LogP contribution in [0.2, 0.25) is 0 Å². The van der Waals surface area contributed by atoms with Crippen molar-refractivity contribution in [2.24, 2.45) is 10.4 Å². The summed E-state index contributed by atoms with van der Waals surface area (Å²) in [5.41, 5.74) is 0.576. The number of hydrogen-bond donors (Lipinski definition) is 1. The molecule has 2 heterocycles. The SMILES string of the molecule is CCNC(=NCc1ncc(C)s1)N1CCC2(CCCCC2)C1. The van der Waals surface area contributed by atoms with Crippen LogP contribution in [-0.4, -0.2) is 35.5 Å². The van der Waals surface area contributed by atoms with Gasteiger partial charge in [0, 0.05) is 30.7 Å². The quantitative estimate of drug-likeness (QED) is 0.683. The van der Waals surface area contributed by atoms with Crippen molar-refractivity contribution in [1.82, 2.24) is 15.2 Å². The van der Waals surface area contributed by atoms with E-state index < -0.39 is 0 Å². The molecule has 122 valence electrons. The van der Waals surface area contributed by atoms with Gasteiger partial charge in [0.2, 0.25) is 0 Å². The lowest BCUT2D eigenvalue weighted by atomic mass is 9.73. The Hall–Kier alpha value is -1.10. The van der Waals surface area contributed by atoms with E-state index in [4.69, 9.17) is 4.99 Å². The molecule has 0 unspecified atom stereocenters. The van der Waals surface area contributed by atoms with E-state index in [1.807, 2.05) is 6.20 Å². The van der Waals surface area contributed by atoms with Crippen molar-refractivity contribution in [2.75, 3.05) is 19.6 Å². The highest BCUT2D eigenvalue weighted by Gasteiger charge is 2.39. The molecule has 1 aromatic rings. The first-order valence-corrected chi connectivity index (χ1v) is 9.47. The molecule has 3 rings (SSSR count). The third-order valence-corrected chi connectivity index (χ3v) is 5.92. The predicted octanol–water partition coefficient (Wildman–Crippen LogP) is 3.57. The van der Waals surface area contributed by atoms with Gasteiger partial charge in [0.15, 0.2) is 5.96 Å². The zero-order valence-electron chi connectivity index (χ0n) is 13.9. The summed E-state index contributed by atoms with van der Waals surface area (Å²) in [5, 5.41) is 4.59. The van der Waals surface area contributed by atoms with E-state index in [0.29, 0.717) is 12.0 Å². The Balaban J connectivity index is 1.65. The highest BCUT2D eigenvalue weighted by atomic mass is 32.1. The summed E-state index contributed by atoms with van der Waals surface area (Å²) in [7, 11) is 0. The second-order valence-electron chi connectivity index (χ2n) is 6.77. The van der Waals surface area contributed by atoms with E-state index in [2.05, 4.69) is 29.0 Å². The van der Waals surface area contributed by atoms with Crippen LogP contribution in [0.4, 0.5) is 0 Å². The summed E-state index contributed by atoms with van der Waals surface area (Å²) >= 11 is 1.75. The number of aryl methyl sites for hydroxylation is 1. The normalized spacial score (nSPS) is 21.5. The van der Waals surface area contributed by atoms with Crippen LogP contribution in [0.25, 0.3) is 0 Å². The van der Waals surface area contributed by atoms with Crippen molar-refractivity contribution in [3.8, 4) is 0 Å². The lowest BCUT2D eigenvalue weighted by Gasteiger charge is -2.33. The summed E-state index contributed by atoms with van der Waals surface area (Å²) < 4.78 is 0. The molecule has 2 fully saturated rings. The Morgan fingerprint density at radius 1 is 1.36 bits per heavy atom. The Morgan fingerprint density at radius 3 is 2.86 bits per heavy atom. The topological polar surface area (TPSA) is 40.5 Å². The van der Waals surface area contributed by atoms with Crippen LogP contribution < -0.4 is 5.32 Å². The molecular weight excluding hydrogens is 292 g/mol. The van der Waals surface area contributed by atoms with Gasteiger partial charge < -0.3 is 10.2 Å². The predicted molar refractivity (Wildman–Crippen MR) is 93.4 cm³/mol. The van der Waals surface area contributed by atoms with Gasteiger partial charge >= 0.3 is 0 Å². The highest BCUT2D eigenvalue weighted by molar-refractivity contribution is 7.11. The van der Waals surface area contributed by atoms with Crippen LogP contribution in [-0.2, 0) is 6.54 Å². The second-order valence-corrected chi connectivity index (χ2v) is 8.09. The largest absolute Gasteiger partial charge is 0.357 e. The molecule has 1 aromatic heterocycles. The Labute approximate surface area is 138 Å².